The highest BCUT2D eigenvalue weighted by Crippen LogP contribution is 2.21. The zero-order valence-electron chi connectivity index (χ0n) is 7.76. The first kappa shape index (κ1) is 9.03. The van der Waals surface area contributed by atoms with Crippen molar-refractivity contribution in [3.63, 3.8) is 0 Å². The Kier molecular flexibility index (Phi) is 2.56. The summed E-state index contributed by atoms with van der Waals surface area (Å²) >= 11 is 5.94. The molecule has 0 amide bonds. The van der Waals surface area contributed by atoms with Crippen LogP contribution in [0.25, 0.3) is 0 Å². The molecule has 0 spiro atoms. The SMILES string of the molecule is Cc1c(Cl)cnn1C1CCCNC1. The molecule has 13 heavy (non-hydrogen) atoms. The minimum Gasteiger partial charge on any atom is -0.315 e. The lowest BCUT2D eigenvalue weighted by molar-refractivity contribution is 0.342. The summed E-state index contributed by atoms with van der Waals surface area (Å²) in [4.78, 5) is 0. The molecule has 3 nitrogen and oxygen atoms in total. The van der Waals surface area contributed by atoms with E-state index in [0.29, 0.717) is 6.04 Å². The van der Waals surface area contributed by atoms with E-state index in [0.717, 1.165) is 23.8 Å². The summed E-state index contributed by atoms with van der Waals surface area (Å²) < 4.78 is 2.04. The van der Waals surface area contributed by atoms with E-state index >= 15 is 0 Å². The van der Waals surface area contributed by atoms with Crippen LogP contribution in [-0.4, -0.2) is 22.9 Å². The number of nitrogens with one attached hydrogen (secondary N) is 1. The normalized spacial score (nSPS) is 23.4. The Hall–Kier alpha value is -0.540. The zero-order chi connectivity index (χ0) is 9.26. The Labute approximate surface area is 83.1 Å². The third kappa shape index (κ3) is 1.71. The fraction of sp³-hybridized carbons (Fsp3) is 0.667. The number of nitrogens with zero attached hydrogens (tertiary/aromatic N) is 2. The van der Waals surface area contributed by atoms with Crippen molar-refractivity contribution in [1.29, 1.82) is 0 Å². The molecule has 72 valence electrons. The second kappa shape index (κ2) is 3.68. The molecule has 1 unspecified atom stereocenters. The molecule has 1 fully saturated rings. The highest BCUT2D eigenvalue weighted by atomic mass is 35.5. The van der Waals surface area contributed by atoms with Gasteiger partial charge in [0, 0.05) is 6.54 Å². The topological polar surface area (TPSA) is 29.9 Å². The highest BCUT2D eigenvalue weighted by molar-refractivity contribution is 6.31. The number of piperidine rings is 1. The predicted molar refractivity (Wildman–Crippen MR) is 53.1 cm³/mol. The van der Waals surface area contributed by atoms with Gasteiger partial charge in [-0.2, -0.15) is 5.10 Å². The van der Waals surface area contributed by atoms with Crippen molar-refractivity contribution in [2.24, 2.45) is 0 Å². The summed E-state index contributed by atoms with van der Waals surface area (Å²) in [7, 11) is 0. The van der Waals surface area contributed by atoms with Crippen LogP contribution < -0.4 is 5.32 Å². The van der Waals surface area contributed by atoms with Gasteiger partial charge in [-0.05, 0) is 26.3 Å². The van der Waals surface area contributed by atoms with Crippen LogP contribution in [0.5, 0.6) is 0 Å². The molecule has 1 N–H and O–H groups in total. The molecular weight excluding hydrogens is 186 g/mol. The van der Waals surface area contributed by atoms with Gasteiger partial charge in [0.2, 0.25) is 0 Å². The van der Waals surface area contributed by atoms with Crippen molar-refractivity contribution in [2.45, 2.75) is 25.8 Å². The lowest BCUT2D eigenvalue weighted by Crippen LogP contribution is -2.32. The summed E-state index contributed by atoms with van der Waals surface area (Å²) in [5.41, 5.74) is 1.08. The van der Waals surface area contributed by atoms with Gasteiger partial charge in [0.1, 0.15) is 0 Å². The fourth-order valence-corrected chi connectivity index (χ4v) is 1.94. The number of rotatable bonds is 1. The van der Waals surface area contributed by atoms with Crippen molar-refractivity contribution in [1.82, 2.24) is 15.1 Å². The maximum Gasteiger partial charge on any atom is 0.0815 e. The molecule has 1 aromatic rings. The smallest absolute Gasteiger partial charge is 0.0815 e. The molecule has 0 saturated carbocycles. The van der Waals surface area contributed by atoms with Crippen molar-refractivity contribution in [3.05, 3.63) is 16.9 Å². The second-order valence-corrected chi connectivity index (χ2v) is 3.93. The summed E-state index contributed by atoms with van der Waals surface area (Å²) in [6.45, 7) is 4.16. The third-order valence-electron chi connectivity index (χ3n) is 2.60. The van der Waals surface area contributed by atoms with Crippen LogP contribution in [0.1, 0.15) is 24.6 Å². The van der Waals surface area contributed by atoms with E-state index in [1.54, 1.807) is 6.20 Å². The van der Waals surface area contributed by atoms with Gasteiger partial charge in [0.15, 0.2) is 0 Å². The van der Waals surface area contributed by atoms with Crippen molar-refractivity contribution < 1.29 is 0 Å². The Morgan fingerprint density at radius 3 is 3.08 bits per heavy atom. The van der Waals surface area contributed by atoms with Gasteiger partial charge in [-0.25, -0.2) is 0 Å². The summed E-state index contributed by atoms with van der Waals surface area (Å²) in [5, 5.41) is 8.42. The zero-order valence-corrected chi connectivity index (χ0v) is 8.51. The largest absolute Gasteiger partial charge is 0.315 e. The molecule has 1 atom stereocenters. The van der Waals surface area contributed by atoms with E-state index in [-0.39, 0.29) is 0 Å². The molecule has 1 aliphatic heterocycles. The Balaban J connectivity index is 2.18. The minimum absolute atomic E-state index is 0.487. The minimum atomic E-state index is 0.487. The Morgan fingerprint density at radius 2 is 2.54 bits per heavy atom. The third-order valence-corrected chi connectivity index (χ3v) is 2.97. The summed E-state index contributed by atoms with van der Waals surface area (Å²) in [5.74, 6) is 0. The van der Waals surface area contributed by atoms with E-state index in [9.17, 15) is 0 Å². The van der Waals surface area contributed by atoms with E-state index in [2.05, 4.69) is 10.4 Å². The van der Waals surface area contributed by atoms with E-state index in [1.807, 2.05) is 11.6 Å². The lowest BCUT2D eigenvalue weighted by atomic mass is 10.1. The molecule has 0 bridgehead atoms. The molecule has 1 aromatic heterocycles. The molecule has 2 rings (SSSR count). The number of aromatic nitrogens is 2. The van der Waals surface area contributed by atoms with Crippen molar-refractivity contribution in [2.75, 3.05) is 13.1 Å². The van der Waals surface area contributed by atoms with Gasteiger partial charge in [-0.3, -0.25) is 4.68 Å². The second-order valence-electron chi connectivity index (χ2n) is 3.52. The molecule has 0 aliphatic carbocycles. The molecular formula is C9H14ClN3. The van der Waals surface area contributed by atoms with Crippen LogP contribution in [-0.2, 0) is 0 Å². The monoisotopic (exact) mass is 199 g/mol. The Bertz CT molecular complexity index is 289. The molecule has 0 aromatic carbocycles. The van der Waals surface area contributed by atoms with Crippen LogP contribution in [0.15, 0.2) is 6.20 Å². The highest BCUT2D eigenvalue weighted by Gasteiger charge is 2.17. The van der Waals surface area contributed by atoms with E-state index in [4.69, 9.17) is 11.6 Å². The van der Waals surface area contributed by atoms with Crippen LogP contribution in [0.3, 0.4) is 0 Å². The van der Waals surface area contributed by atoms with Crippen LogP contribution >= 0.6 is 11.6 Å². The number of hydrogen-bond acceptors (Lipinski definition) is 2. The van der Waals surface area contributed by atoms with Gasteiger partial charge in [-0.15, -0.1) is 0 Å². The molecule has 2 heterocycles. The fourth-order valence-electron chi connectivity index (χ4n) is 1.81. The van der Waals surface area contributed by atoms with Gasteiger partial charge >= 0.3 is 0 Å². The van der Waals surface area contributed by atoms with Crippen LogP contribution in [0.4, 0.5) is 0 Å². The first-order chi connectivity index (χ1) is 6.29. The van der Waals surface area contributed by atoms with Crippen LogP contribution in [0.2, 0.25) is 5.02 Å². The van der Waals surface area contributed by atoms with Gasteiger partial charge in [0.25, 0.3) is 0 Å². The quantitative estimate of drug-likeness (QED) is 0.747. The molecule has 4 heteroatoms. The molecule has 0 radical (unpaired) electrons. The van der Waals surface area contributed by atoms with Gasteiger partial charge in [0.05, 0.1) is 23.0 Å². The number of halogens is 1. The standard InChI is InChI=1S/C9H14ClN3/c1-7-9(10)6-12-13(7)8-3-2-4-11-5-8/h6,8,11H,2-5H2,1H3. The Morgan fingerprint density at radius 1 is 1.69 bits per heavy atom. The average molecular weight is 200 g/mol. The first-order valence-electron chi connectivity index (χ1n) is 4.69. The maximum absolute atomic E-state index is 5.94. The van der Waals surface area contributed by atoms with E-state index < -0.39 is 0 Å². The number of hydrogen-bond donors (Lipinski definition) is 1. The summed E-state index contributed by atoms with van der Waals surface area (Å²) in [6, 6.07) is 0.487. The lowest BCUT2D eigenvalue weighted by Gasteiger charge is -2.24. The molecule has 1 aliphatic rings. The van der Waals surface area contributed by atoms with Gasteiger partial charge < -0.3 is 5.32 Å². The van der Waals surface area contributed by atoms with E-state index in [1.165, 1.54) is 12.8 Å². The molecule has 1 saturated heterocycles. The summed E-state index contributed by atoms with van der Waals surface area (Å²) in [6.07, 6.45) is 4.15. The average Bonchev–Trinajstić information content (AvgIpc) is 2.49. The first-order valence-corrected chi connectivity index (χ1v) is 5.07. The van der Waals surface area contributed by atoms with Crippen molar-refractivity contribution >= 4 is 11.6 Å². The maximum atomic E-state index is 5.94. The predicted octanol–water partition coefficient (Wildman–Crippen LogP) is 1.77. The van der Waals surface area contributed by atoms with Gasteiger partial charge in [-0.1, -0.05) is 11.6 Å². The van der Waals surface area contributed by atoms with Crippen molar-refractivity contribution in [3.8, 4) is 0 Å². The van der Waals surface area contributed by atoms with Crippen LogP contribution in [0, 0.1) is 6.92 Å².